The lowest BCUT2D eigenvalue weighted by molar-refractivity contribution is -0.120. The van der Waals surface area contributed by atoms with Crippen molar-refractivity contribution >= 4 is 28.8 Å². The van der Waals surface area contributed by atoms with Crippen molar-refractivity contribution < 1.29 is 23.8 Å². The van der Waals surface area contributed by atoms with Gasteiger partial charge in [-0.05, 0) is 48.9 Å². The predicted molar refractivity (Wildman–Crippen MR) is 125 cm³/mol. The Morgan fingerprint density at radius 3 is 2.33 bits per heavy atom. The first-order valence-corrected chi connectivity index (χ1v) is 10.7. The van der Waals surface area contributed by atoms with Crippen molar-refractivity contribution in [2.75, 3.05) is 30.0 Å². The molecule has 2 aliphatic heterocycles. The fourth-order valence-electron chi connectivity index (χ4n) is 3.87. The highest BCUT2D eigenvalue weighted by molar-refractivity contribution is 6.46. The fourth-order valence-corrected chi connectivity index (χ4v) is 3.87. The number of hydrogen-bond acceptors (Lipinski definition) is 6. The number of carbonyl (C=O) groups is 2. The van der Waals surface area contributed by atoms with Crippen molar-refractivity contribution in [1.82, 2.24) is 0 Å². The maximum absolute atomic E-state index is 13.5. The van der Waals surface area contributed by atoms with Crippen LogP contribution in [0.15, 0.2) is 78.5 Å². The number of amides is 2. The lowest BCUT2D eigenvalue weighted by Crippen LogP contribution is -2.32. The molecule has 0 aromatic heterocycles. The Labute approximate surface area is 191 Å². The van der Waals surface area contributed by atoms with E-state index in [-0.39, 0.29) is 5.70 Å². The molecule has 33 heavy (non-hydrogen) atoms. The average Bonchev–Trinajstić information content (AvgIpc) is 3.09. The van der Waals surface area contributed by atoms with Crippen LogP contribution in [0.4, 0.5) is 11.4 Å². The van der Waals surface area contributed by atoms with Crippen molar-refractivity contribution in [2.24, 2.45) is 0 Å². The van der Waals surface area contributed by atoms with Gasteiger partial charge in [-0.25, -0.2) is 4.90 Å². The molecule has 3 aromatic rings. The average molecular weight is 442 g/mol. The Morgan fingerprint density at radius 1 is 0.879 bits per heavy atom. The van der Waals surface area contributed by atoms with Gasteiger partial charge < -0.3 is 19.5 Å². The molecule has 0 atom stereocenters. The summed E-state index contributed by atoms with van der Waals surface area (Å²) in [5, 5.41) is 3.16. The maximum Gasteiger partial charge on any atom is 0.282 e. The van der Waals surface area contributed by atoms with E-state index in [4.69, 9.17) is 14.2 Å². The minimum Gasteiger partial charge on any atom is -0.494 e. The van der Waals surface area contributed by atoms with Crippen LogP contribution in [0, 0.1) is 0 Å². The van der Waals surface area contributed by atoms with E-state index < -0.39 is 11.8 Å². The van der Waals surface area contributed by atoms with Gasteiger partial charge in [0, 0.05) is 11.8 Å². The topological polar surface area (TPSA) is 77.1 Å². The Morgan fingerprint density at radius 2 is 1.61 bits per heavy atom. The SMILES string of the molecule is CCOc1ccc(C2=C(Nc3ccc4c(c3)OCCO4)C(=O)N(c3ccccc3)C2=O)cc1. The molecule has 0 spiro atoms. The first kappa shape index (κ1) is 20.6. The first-order valence-electron chi connectivity index (χ1n) is 10.7. The number of para-hydroxylation sites is 1. The summed E-state index contributed by atoms with van der Waals surface area (Å²) in [6.07, 6.45) is 0. The van der Waals surface area contributed by atoms with E-state index in [0.717, 1.165) is 0 Å². The largest absolute Gasteiger partial charge is 0.494 e. The summed E-state index contributed by atoms with van der Waals surface area (Å²) in [6, 6.07) is 21.4. The van der Waals surface area contributed by atoms with Gasteiger partial charge in [0.1, 0.15) is 24.7 Å². The molecular formula is C26H22N2O5. The molecule has 2 heterocycles. The molecule has 0 saturated carbocycles. The highest BCUT2D eigenvalue weighted by Crippen LogP contribution is 2.37. The molecule has 0 fully saturated rings. The number of carbonyl (C=O) groups excluding carboxylic acids is 2. The Bertz CT molecular complexity index is 1240. The van der Waals surface area contributed by atoms with Crippen molar-refractivity contribution in [3.63, 3.8) is 0 Å². The van der Waals surface area contributed by atoms with E-state index in [1.54, 1.807) is 66.7 Å². The molecule has 7 nitrogen and oxygen atoms in total. The van der Waals surface area contributed by atoms with Crippen LogP contribution in [0.5, 0.6) is 17.2 Å². The molecule has 166 valence electrons. The molecule has 7 heteroatoms. The molecule has 1 N–H and O–H groups in total. The monoisotopic (exact) mass is 442 g/mol. The van der Waals surface area contributed by atoms with Crippen LogP contribution in [0.2, 0.25) is 0 Å². The van der Waals surface area contributed by atoms with Gasteiger partial charge in [-0.1, -0.05) is 30.3 Å². The third kappa shape index (κ3) is 3.89. The van der Waals surface area contributed by atoms with E-state index in [1.165, 1.54) is 4.90 Å². The van der Waals surface area contributed by atoms with Gasteiger partial charge in [-0.3, -0.25) is 9.59 Å². The molecule has 2 aliphatic rings. The van der Waals surface area contributed by atoms with E-state index in [2.05, 4.69) is 5.32 Å². The number of nitrogens with zero attached hydrogens (tertiary/aromatic N) is 1. The standard InChI is InChI=1S/C26H22N2O5/c1-2-31-20-11-8-17(9-12-20)23-24(26(30)28(25(23)29)19-6-4-3-5-7-19)27-18-10-13-21-22(16-18)33-15-14-32-21/h3-13,16,27H,2,14-15H2,1H3. The third-order valence-electron chi connectivity index (χ3n) is 5.36. The Hall–Kier alpha value is -4.26. The van der Waals surface area contributed by atoms with Crippen LogP contribution < -0.4 is 24.4 Å². The zero-order valence-corrected chi connectivity index (χ0v) is 18.0. The van der Waals surface area contributed by atoms with Crippen LogP contribution in [0.3, 0.4) is 0 Å². The Balaban J connectivity index is 1.56. The quantitative estimate of drug-likeness (QED) is 0.575. The van der Waals surface area contributed by atoms with Gasteiger partial charge >= 0.3 is 0 Å². The predicted octanol–water partition coefficient (Wildman–Crippen LogP) is 4.25. The lowest BCUT2D eigenvalue weighted by atomic mass is 10.0. The fraction of sp³-hybridized carbons (Fsp3) is 0.154. The van der Waals surface area contributed by atoms with Crippen molar-refractivity contribution in [2.45, 2.75) is 6.92 Å². The van der Waals surface area contributed by atoms with E-state index >= 15 is 0 Å². The number of hydrogen-bond donors (Lipinski definition) is 1. The minimum absolute atomic E-state index is 0.199. The number of nitrogens with one attached hydrogen (secondary N) is 1. The van der Waals surface area contributed by atoms with Gasteiger partial charge in [0.2, 0.25) is 0 Å². The van der Waals surface area contributed by atoms with Crippen LogP contribution >= 0.6 is 0 Å². The van der Waals surface area contributed by atoms with E-state index in [0.29, 0.717) is 59.6 Å². The van der Waals surface area contributed by atoms with Crippen LogP contribution in [0.1, 0.15) is 12.5 Å². The molecular weight excluding hydrogens is 420 g/mol. The summed E-state index contributed by atoms with van der Waals surface area (Å²) in [5.74, 6) is 1.11. The Kier molecular flexibility index (Phi) is 5.44. The van der Waals surface area contributed by atoms with Crippen LogP contribution in [0.25, 0.3) is 5.57 Å². The number of rotatable bonds is 6. The highest BCUT2D eigenvalue weighted by Gasteiger charge is 2.40. The molecule has 0 saturated heterocycles. The lowest BCUT2D eigenvalue weighted by Gasteiger charge is -2.19. The summed E-state index contributed by atoms with van der Waals surface area (Å²) < 4.78 is 16.8. The van der Waals surface area contributed by atoms with Crippen LogP contribution in [-0.2, 0) is 9.59 Å². The van der Waals surface area contributed by atoms with Gasteiger partial charge in [-0.2, -0.15) is 0 Å². The molecule has 0 bridgehead atoms. The van der Waals surface area contributed by atoms with E-state index in [9.17, 15) is 9.59 Å². The molecule has 0 aliphatic carbocycles. The van der Waals surface area contributed by atoms with Crippen LogP contribution in [-0.4, -0.2) is 31.6 Å². The summed E-state index contributed by atoms with van der Waals surface area (Å²) in [7, 11) is 0. The van der Waals surface area contributed by atoms with E-state index in [1.807, 2.05) is 13.0 Å². The van der Waals surface area contributed by atoms with Gasteiger partial charge in [-0.15, -0.1) is 0 Å². The highest BCUT2D eigenvalue weighted by atomic mass is 16.6. The first-order chi connectivity index (χ1) is 16.2. The van der Waals surface area contributed by atoms with Crippen molar-refractivity contribution in [3.8, 4) is 17.2 Å². The molecule has 0 radical (unpaired) electrons. The summed E-state index contributed by atoms with van der Waals surface area (Å²) in [5.41, 5.74) is 2.24. The number of ether oxygens (including phenoxy) is 3. The van der Waals surface area contributed by atoms with Gasteiger partial charge in [0.25, 0.3) is 11.8 Å². The second kappa shape index (κ2) is 8.70. The van der Waals surface area contributed by atoms with Crippen molar-refractivity contribution in [1.29, 1.82) is 0 Å². The molecule has 5 rings (SSSR count). The summed E-state index contributed by atoms with van der Waals surface area (Å²) in [6.45, 7) is 3.39. The maximum atomic E-state index is 13.5. The molecule has 3 aromatic carbocycles. The smallest absolute Gasteiger partial charge is 0.282 e. The summed E-state index contributed by atoms with van der Waals surface area (Å²) in [4.78, 5) is 28.1. The third-order valence-corrected chi connectivity index (χ3v) is 5.36. The van der Waals surface area contributed by atoms with Gasteiger partial charge in [0.15, 0.2) is 11.5 Å². The van der Waals surface area contributed by atoms with Crippen molar-refractivity contribution in [3.05, 3.63) is 84.1 Å². The summed E-state index contributed by atoms with van der Waals surface area (Å²) >= 11 is 0. The second-order valence-corrected chi connectivity index (χ2v) is 7.47. The van der Waals surface area contributed by atoms with Gasteiger partial charge in [0.05, 0.1) is 17.9 Å². The zero-order chi connectivity index (χ0) is 22.8. The number of anilines is 2. The zero-order valence-electron chi connectivity index (χ0n) is 18.0. The number of fused-ring (bicyclic) bond motifs is 1. The minimum atomic E-state index is -0.426. The number of benzene rings is 3. The molecule has 0 unspecified atom stereocenters. The number of imide groups is 1. The normalized spacial score (nSPS) is 15.1. The second-order valence-electron chi connectivity index (χ2n) is 7.47. The molecule has 2 amide bonds.